The Labute approximate surface area is 202 Å². The minimum absolute atomic E-state index is 0.505. The van der Waals surface area contributed by atoms with E-state index in [-0.39, 0.29) is 0 Å². The Morgan fingerprint density at radius 1 is 1.18 bits per heavy atom. The number of thioether (sulfide) groups is 1. The van der Waals surface area contributed by atoms with Gasteiger partial charge in [0.25, 0.3) is 0 Å². The quantitative estimate of drug-likeness (QED) is 0.295. The zero-order chi connectivity index (χ0) is 22.9. The van der Waals surface area contributed by atoms with E-state index in [1.54, 1.807) is 5.57 Å². The highest BCUT2D eigenvalue weighted by molar-refractivity contribution is 8.13. The molecule has 4 heteroatoms. The Balaban J connectivity index is 1.22. The maximum Gasteiger partial charge on any atom is 0.0809 e. The molecule has 0 amide bonds. The van der Waals surface area contributed by atoms with Gasteiger partial charge in [-0.15, -0.1) is 11.8 Å². The number of hydrogen-bond donors (Lipinski definition) is 1. The van der Waals surface area contributed by atoms with E-state index in [2.05, 4.69) is 91.6 Å². The maximum atomic E-state index is 5.07. The fraction of sp³-hybridized carbons (Fsp3) is 0.414. The second kappa shape index (κ2) is 9.42. The van der Waals surface area contributed by atoms with Gasteiger partial charge in [-0.1, -0.05) is 37.3 Å². The van der Waals surface area contributed by atoms with Crippen molar-refractivity contribution in [1.29, 1.82) is 0 Å². The summed E-state index contributed by atoms with van der Waals surface area (Å²) in [6.45, 7) is 7.87. The van der Waals surface area contributed by atoms with E-state index in [4.69, 9.17) is 4.99 Å². The number of fused-ring (bicyclic) bond motifs is 3. The summed E-state index contributed by atoms with van der Waals surface area (Å²) in [6, 6.07) is 18.1. The Hall–Kier alpha value is -2.46. The zero-order valence-corrected chi connectivity index (χ0v) is 21.1. The van der Waals surface area contributed by atoms with Gasteiger partial charge in [0.1, 0.15) is 0 Å². The van der Waals surface area contributed by atoms with Gasteiger partial charge in [-0.3, -0.25) is 0 Å². The average Bonchev–Trinajstić information content (AvgIpc) is 3.50. The van der Waals surface area contributed by atoms with Crippen LogP contribution in [0.3, 0.4) is 0 Å². The van der Waals surface area contributed by atoms with Crippen LogP contribution in [0.15, 0.2) is 65.3 Å². The number of benzene rings is 2. The highest BCUT2D eigenvalue weighted by Gasteiger charge is 2.40. The SMILES string of the molecule is CSC(=Nc1ccccc1C)C1CC2CC1=CN2CC(C)CCc1cccc2[nH]c(C)cc12. The topological polar surface area (TPSA) is 31.4 Å². The highest BCUT2D eigenvalue weighted by Crippen LogP contribution is 2.44. The Kier molecular flexibility index (Phi) is 6.38. The van der Waals surface area contributed by atoms with E-state index in [0.29, 0.717) is 17.9 Å². The number of rotatable bonds is 7. The third-order valence-corrected chi connectivity index (χ3v) is 8.19. The van der Waals surface area contributed by atoms with Crippen molar-refractivity contribution in [2.24, 2.45) is 16.8 Å². The number of H-pyrrole nitrogens is 1. The first-order valence-electron chi connectivity index (χ1n) is 12.2. The summed E-state index contributed by atoms with van der Waals surface area (Å²) in [6.07, 6.45) is 9.45. The van der Waals surface area contributed by atoms with Crippen LogP contribution < -0.4 is 0 Å². The van der Waals surface area contributed by atoms with Gasteiger partial charge in [-0.2, -0.15) is 0 Å². The lowest BCUT2D eigenvalue weighted by atomic mass is 9.97. The molecule has 0 spiro atoms. The zero-order valence-electron chi connectivity index (χ0n) is 20.3. The van der Waals surface area contributed by atoms with E-state index in [1.807, 2.05) is 11.8 Å². The second-order valence-corrected chi connectivity index (χ2v) is 10.8. The van der Waals surface area contributed by atoms with Crippen molar-refractivity contribution < 1.29 is 0 Å². The molecule has 2 heterocycles. The molecule has 0 saturated heterocycles. The van der Waals surface area contributed by atoms with E-state index in [1.165, 1.54) is 52.0 Å². The molecule has 3 atom stereocenters. The van der Waals surface area contributed by atoms with Crippen molar-refractivity contribution in [2.75, 3.05) is 12.8 Å². The third-order valence-electron chi connectivity index (χ3n) is 7.40. The van der Waals surface area contributed by atoms with Crippen LogP contribution in [0.5, 0.6) is 0 Å². The largest absolute Gasteiger partial charge is 0.374 e. The molecule has 172 valence electrons. The van der Waals surface area contributed by atoms with Gasteiger partial charge >= 0.3 is 0 Å². The van der Waals surface area contributed by atoms with Crippen molar-refractivity contribution >= 4 is 33.4 Å². The molecule has 33 heavy (non-hydrogen) atoms. The molecule has 1 aromatic heterocycles. The van der Waals surface area contributed by atoms with Crippen LogP contribution in [-0.4, -0.2) is 33.8 Å². The molecule has 2 bridgehead atoms. The summed E-state index contributed by atoms with van der Waals surface area (Å²) in [5.41, 5.74) is 7.94. The lowest BCUT2D eigenvalue weighted by Crippen LogP contribution is -2.33. The smallest absolute Gasteiger partial charge is 0.0809 e. The van der Waals surface area contributed by atoms with Gasteiger partial charge < -0.3 is 9.88 Å². The predicted molar refractivity (Wildman–Crippen MR) is 144 cm³/mol. The molecule has 1 saturated carbocycles. The van der Waals surface area contributed by atoms with Crippen molar-refractivity contribution in [1.82, 2.24) is 9.88 Å². The number of aryl methyl sites for hydroxylation is 3. The Morgan fingerprint density at radius 2 is 2.03 bits per heavy atom. The Morgan fingerprint density at radius 3 is 2.79 bits per heavy atom. The molecule has 2 aliphatic rings. The van der Waals surface area contributed by atoms with Crippen LogP contribution >= 0.6 is 11.8 Å². The first kappa shape index (κ1) is 22.3. The van der Waals surface area contributed by atoms with Crippen molar-refractivity contribution in [3.63, 3.8) is 0 Å². The van der Waals surface area contributed by atoms with Gasteiger partial charge in [0.2, 0.25) is 0 Å². The summed E-state index contributed by atoms with van der Waals surface area (Å²) < 4.78 is 0. The van der Waals surface area contributed by atoms with E-state index >= 15 is 0 Å². The normalized spacial score (nSPS) is 21.2. The number of aromatic nitrogens is 1. The number of para-hydroxylation sites is 1. The van der Waals surface area contributed by atoms with Gasteiger partial charge in [0.05, 0.1) is 10.7 Å². The predicted octanol–water partition coefficient (Wildman–Crippen LogP) is 7.42. The molecule has 2 aromatic carbocycles. The van der Waals surface area contributed by atoms with Crippen LogP contribution in [0, 0.1) is 25.7 Å². The molecule has 1 aliphatic carbocycles. The van der Waals surface area contributed by atoms with Crippen molar-refractivity contribution in [2.45, 2.75) is 52.5 Å². The van der Waals surface area contributed by atoms with Crippen LogP contribution in [0.4, 0.5) is 5.69 Å². The second-order valence-electron chi connectivity index (χ2n) is 9.96. The van der Waals surface area contributed by atoms with E-state index in [0.717, 1.165) is 18.7 Å². The number of aliphatic imine (C=N–C) groups is 1. The monoisotopic (exact) mass is 457 g/mol. The molecule has 1 fully saturated rings. The summed E-state index contributed by atoms with van der Waals surface area (Å²) in [4.78, 5) is 11.2. The molecule has 3 unspecified atom stereocenters. The molecule has 1 aliphatic heterocycles. The Bertz CT molecular complexity index is 1200. The minimum Gasteiger partial charge on any atom is -0.374 e. The number of aromatic amines is 1. The number of hydrogen-bond acceptors (Lipinski definition) is 3. The summed E-state index contributed by atoms with van der Waals surface area (Å²) >= 11 is 1.82. The highest BCUT2D eigenvalue weighted by atomic mass is 32.2. The van der Waals surface area contributed by atoms with E-state index in [9.17, 15) is 0 Å². The van der Waals surface area contributed by atoms with Gasteiger partial charge in [0, 0.05) is 35.1 Å². The molecule has 1 N–H and O–H groups in total. The summed E-state index contributed by atoms with van der Waals surface area (Å²) in [5, 5.41) is 2.67. The summed E-state index contributed by atoms with van der Waals surface area (Å²) in [5.74, 6) is 1.18. The van der Waals surface area contributed by atoms with Crippen molar-refractivity contribution in [3.05, 3.63) is 77.1 Å². The molecule has 0 radical (unpaired) electrons. The first-order chi connectivity index (χ1) is 16.0. The fourth-order valence-corrected chi connectivity index (χ4v) is 6.32. The van der Waals surface area contributed by atoms with Crippen LogP contribution in [0.1, 0.15) is 43.0 Å². The van der Waals surface area contributed by atoms with Gasteiger partial charge in [-0.25, -0.2) is 4.99 Å². The standard InChI is InChI=1S/C29H35N3S/c1-19(12-13-22-9-7-11-28-25(22)14-21(3)30-28)17-32-18-23-15-24(32)16-26(23)29(33-4)31-27-10-6-5-8-20(27)2/h5-11,14,18-19,24,26,30H,12-13,15-17H2,1-4H3. The maximum absolute atomic E-state index is 5.07. The molecular formula is C29H35N3S. The lowest BCUT2D eigenvalue weighted by molar-refractivity contribution is 0.245. The fourth-order valence-electron chi connectivity index (χ4n) is 5.60. The van der Waals surface area contributed by atoms with Crippen LogP contribution in [0.25, 0.3) is 10.9 Å². The van der Waals surface area contributed by atoms with Crippen LogP contribution in [-0.2, 0) is 6.42 Å². The first-order valence-corrected chi connectivity index (χ1v) is 13.5. The number of nitrogens with zero attached hydrogens (tertiary/aromatic N) is 2. The molecular weight excluding hydrogens is 422 g/mol. The number of nitrogens with one attached hydrogen (secondary N) is 1. The minimum atomic E-state index is 0.505. The van der Waals surface area contributed by atoms with Crippen LogP contribution in [0.2, 0.25) is 0 Å². The molecule has 5 rings (SSSR count). The lowest BCUT2D eigenvalue weighted by Gasteiger charge is -2.31. The third kappa shape index (κ3) is 4.63. The van der Waals surface area contributed by atoms with Crippen molar-refractivity contribution in [3.8, 4) is 0 Å². The molecule has 3 nitrogen and oxygen atoms in total. The van der Waals surface area contributed by atoms with Gasteiger partial charge in [-0.05, 0) is 92.8 Å². The summed E-state index contributed by atoms with van der Waals surface area (Å²) in [7, 11) is 0. The average molecular weight is 458 g/mol. The van der Waals surface area contributed by atoms with E-state index < -0.39 is 0 Å². The van der Waals surface area contributed by atoms with Gasteiger partial charge in [0.15, 0.2) is 0 Å². The molecule has 3 aromatic rings.